The summed E-state index contributed by atoms with van der Waals surface area (Å²) in [4.78, 5) is 22.3. The minimum absolute atomic E-state index is 0.0649. The highest BCUT2D eigenvalue weighted by Gasteiger charge is 2.47. The van der Waals surface area contributed by atoms with Crippen LogP contribution in [-0.4, -0.2) is 66.8 Å². The molecule has 0 aromatic carbocycles. The molecule has 10 heteroatoms. The van der Waals surface area contributed by atoms with Crippen molar-refractivity contribution in [2.24, 2.45) is 5.73 Å². The number of carbonyl (C=O) groups excluding carboxylic acids is 1. The molecule has 1 amide bonds. The molecule has 1 aliphatic carbocycles. The first-order chi connectivity index (χ1) is 15.5. The number of rotatable bonds is 5. The van der Waals surface area contributed by atoms with E-state index < -0.39 is 5.54 Å². The van der Waals surface area contributed by atoms with Gasteiger partial charge in [0.1, 0.15) is 11.1 Å². The number of fused-ring (bicyclic) bond motifs is 1. The quantitative estimate of drug-likeness (QED) is 0.560. The Morgan fingerprint density at radius 1 is 1.31 bits per heavy atom. The molecular formula is C22H29N9O. The Kier molecular flexibility index (Phi) is 4.39. The molecule has 3 aromatic heterocycles. The average Bonchev–Trinajstić information content (AvgIpc) is 3.18. The van der Waals surface area contributed by atoms with E-state index in [1.807, 2.05) is 34.7 Å². The molecule has 3 aromatic rings. The lowest BCUT2D eigenvalue weighted by molar-refractivity contribution is -0.135. The van der Waals surface area contributed by atoms with E-state index in [0.29, 0.717) is 24.2 Å². The first-order valence-corrected chi connectivity index (χ1v) is 11.5. The fourth-order valence-electron chi connectivity index (χ4n) is 5.07. The second-order valence-corrected chi connectivity index (χ2v) is 9.54. The number of hydrogen-bond acceptors (Lipinski definition) is 7. The summed E-state index contributed by atoms with van der Waals surface area (Å²) in [5.74, 6) is 2.69. The molecule has 5 heterocycles. The third-order valence-corrected chi connectivity index (χ3v) is 7.10. The molecule has 4 N–H and O–H groups in total. The van der Waals surface area contributed by atoms with E-state index in [9.17, 15) is 4.79 Å². The summed E-state index contributed by atoms with van der Waals surface area (Å²) in [7, 11) is 0. The molecule has 1 saturated carbocycles. The Labute approximate surface area is 186 Å². The molecule has 0 radical (unpaired) electrons. The number of aromatic amines is 1. The summed E-state index contributed by atoms with van der Waals surface area (Å²) < 4.78 is 1.81. The second kappa shape index (κ2) is 7.19. The summed E-state index contributed by atoms with van der Waals surface area (Å²) in [6, 6.07) is 6.04. The molecule has 2 atom stereocenters. The van der Waals surface area contributed by atoms with Gasteiger partial charge in [-0.3, -0.25) is 9.89 Å². The number of nitrogens with zero attached hydrogens (tertiary/aromatic N) is 6. The predicted octanol–water partition coefficient (Wildman–Crippen LogP) is 1.99. The monoisotopic (exact) mass is 435 g/mol. The topological polar surface area (TPSA) is 120 Å². The lowest BCUT2D eigenvalue weighted by Gasteiger charge is -2.37. The number of hydrogen-bond donors (Lipinski definition) is 3. The largest absolute Gasteiger partial charge is 0.339 e. The van der Waals surface area contributed by atoms with Crippen molar-refractivity contribution in [2.45, 2.75) is 56.5 Å². The summed E-state index contributed by atoms with van der Waals surface area (Å²) in [6.45, 7) is 4.09. The Balaban J connectivity index is 1.33. The van der Waals surface area contributed by atoms with Crippen LogP contribution in [-0.2, 0) is 4.79 Å². The van der Waals surface area contributed by atoms with Crippen LogP contribution < -0.4 is 16.0 Å². The third kappa shape index (κ3) is 3.21. The van der Waals surface area contributed by atoms with Crippen LogP contribution in [0.3, 0.4) is 0 Å². The number of nitrogens with two attached hydrogens (primary N) is 1. The van der Waals surface area contributed by atoms with Crippen molar-refractivity contribution >= 4 is 29.0 Å². The average molecular weight is 436 g/mol. The molecule has 6 rings (SSSR count). The van der Waals surface area contributed by atoms with Crippen LogP contribution in [0.2, 0.25) is 0 Å². The summed E-state index contributed by atoms with van der Waals surface area (Å²) in [5, 5.41) is 15.7. The summed E-state index contributed by atoms with van der Waals surface area (Å²) in [5.41, 5.74) is 7.42. The molecule has 2 saturated heterocycles. The molecule has 0 unspecified atom stereocenters. The minimum atomic E-state index is -0.673. The Morgan fingerprint density at radius 3 is 2.97 bits per heavy atom. The minimum Gasteiger partial charge on any atom is -0.339 e. The molecule has 32 heavy (non-hydrogen) atoms. The lowest BCUT2D eigenvalue weighted by Crippen LogP contribution is -2.55. The van der Waals surface area contributed by atoms with E-state index in [0.717, 1.165) is 49.4 Å². The fraction of sp³-hybridized carbons (Fsp3) is 0.545. The van der Waals surface area contributed by atoms with Crippen molar-refractivity contribution in [1.29, 1.82) is 0 Å². The molecule has 0 spiro atoms. The highest BCUT2D eigenvalue weighted by molar-refractivity contribution is 5.90. The normalized spacial score (nSPS) is 25.8. The van der Waals surface area contributed by atoms with Crippen molar-refractivity contribution < 1.29 is 4.79 Å². The molecule has 0 bridgehead atoms. The molecule has 2 aliphatic heterocycles. The number of nitrogens with one attached hydrogen (secondary N) is 2. The van der Waals surface area contributed by atoms with Gasteiger partial charge >= 0.3 is 0 Å². The van der Waals surface area contributed by atoms with Gasteiger partial charge in [0.2, 0.25) is 11.9 Å². The van der Waals surface area contributed by atoms with Gasteiger partial charge in [-0.05, 0) is 51.2 Å². The van der Waals surface area contributed by atoms with E-state index in [4.69, 9.17) is 15.8 Å². The maximum Gasteiger partial charge on any atom is 0.248 e. The molecular weight excluding hydrogens is 406 g/mol. The van der Waals surface area contributed by atoms with Gasteiger partial charge in [-0.15, -0.1) is 5.10 Å². The van der Waals surface area contributed by atoms with Crippen molar-refractivity contribution in [3.63, 3.8) is 0 Å². The zero-order valence-electron chi connectivity index (χ0n) is 18.3. The molecule has 168 valence electrons. The Morgan fingerprint density at radius 2 is 2.19 bits per heavy atom. The number of likely N-dealkylation sites (tertiary alicyclic amines) is 1. The van der Waals surface area contributed by atoms with Gasteiger partial charge in [0.15, 0.2) is 11.6 Å². The van der Waals surface area contributed by atoms with Crippen LogP contribution in [0.25, 0.3) is 5.52 Å². The Bertz CT molecular complexity index is 1170. The number of H-pyrrole nitrogens is 1. The van der Waals surface area contributed by atoms with E-state index in [2.05, 4.69) is 26.5 Å². The van der Waals surface area contributed by atoms with Crippen LogP contribution in [0, 0.1) is 0 Å². The highest BCUT2D eigenvalue weighted by Crippen LogP contribution is 2.40. The molecule has 3 fully saturated rings. The van der Waals surface area contributed by atoms with Gasteiger partial charge in [-0.1, -0.05) is 0 Å². The Hall–Kier alpha value is -3.14. The van der Waals surface area contributed by atoms with Crippen LogP contribution in [0.4, 0.5) is 17.6 Å². The van der Waals surface area contributed by atoms with Crippen molar-refractivity contribution in [2.75, 3.05) is 29.9 Å². The van der Waals surface area contributed by atoms with Gasteiger partial charge in [0.05, 0.1) is 0 Å². The van der Waals surface area contributed by atoms with Crippen molar-refractivity contribution in [3.8, 4) is 0 Å². The van der Waals surface area contributed by atoms with Crippen molar-refractivity contribution in [3.05, 3.63) is 30.1 Å². The summed E-state index contributed by atoms with van der Waals surface area (Å²) in [6.07, 6.45) is 6.88. The third-order valence-electron chi connectivity index (χ3n) is 7.10. The van der Waals surface area contributed by atoms with Gasteiger partial charge < -0.3 is 20.9 Å². The zero-order valence-corrected chi connectivity index (χ0v) is 18.3. The highest BCUT2D eigenvalue weighted by atomic mass is 16.2. The molecule has 10 nitrogen and oxygen atoms in total. The zero-order chi connectivity index (χ0) is 21.9. The maximum absolute atomic E-state index is 13.5. The van der Waals surface area contributed by atoms with E-state index in [1.165, 1.54) is 12.8 Å². The van der Waals surface area contributed by atoms with Gasteiger partial charge in [0, 0.05) is 49.6 Å². The van der Waals surface area contributed by atoms with Crippen LogP contribution in [0.5, 0.6) is 0 Å². The standard InChI is InChI=1S/C22H29N9O/c1-22(20(32)29-11-7-15(23)13-29)8-3-9-30(22)21-25-19(17-4-2-10-31(17)28-21)24-18-12-16(26-27-18)14-5-6-14/h2,4,10,12,14-15H,3,5-9,11,13,23H2,1H3,(H2,24,25,26,27,28)/t15-,22-/m0/s1. The number of anilines is 3. The fourth-order valence-corrected chi connectivity index (χ4v) is 5.07. The summed E-state index contributed by atoms with van der Waals surface area (Å²) >= 11 is 0. The van der Waals surface area contributed by atoms with Crippen LogP contribution >= 0.6 is 0 Å². The number of aromatic nitrogens is 5. The number of carbonyl (C=O) groups is 1. The van der Waals surface area contributed by atoms with Gasteiger partial charge in [-0.25, -0.2) is 4.52 Å². The van der Waals surface area contributed by atoms with Crippen LogP contribution in [0.15, 0.2) is 24.4 Å². The molecule has 3 aliphatic rings. The van der Waals surface area contributed by atoms with Crippen molar-refractivity contribution in [1.82, 2.24) is 29.7 Å². The smallest absolute Gasteiger partial charge is 0.248 e. The maximum atomic E-state index is 13.5. The van der Waals surface area contributed by atoms with Gasteiger partial charge in [0.25, 0.3) is 0 Å². The number of amides is 1. The first kappa shape index (κ1) is 19.5. The SMILES string of the molecule is C[C@@]1(C(=O)N2CC[C@H](N)C2)CCCN1c1nc(Nc2cc(C3CC3)[nH]n2)c2cccn2n1. The lowest BCUT2D eigenvalue weighted by atomic mass is 9.97. The van der Waals surface area contributed by atoms with E-state index in [1.54, 1.807) is 0 Å². The van der Waals surface area contributed by atoms with E-state index >= 15 is 0 Å². The van der Waals surface area contributed by atoms with E-state index in [-0.39, 0.29) is 11.9 Å². The predicted molar refractivity (Wildman–Crippen MR) is 121 cm³/mol. The first-order valence-electron chi connectivity index (χ1n) is 11.5. The van der Waals surface area contributed by atoms with Crippen LogP contribution in [0.1, 0.15) is 50.6 Å². The van der Waals surface area contributed by atoms with Gasteiger partial charge in [-0.2, -0.15) is 10.1 Å². The second-order valence-electron chi connectivity index (χ2n) is 9.54.